The Hall–Kier alpha value is -4.75. The van der Waals surface area contributed by atoms with Crippen molar-refractivity contribution >= 4 is 21.8 Å². The van der Waals surface area contributed by atoms with Crippen LogP contribution < -0.4 is 5.32 Å². The van der Waals surface area contributed by atoms with Gasteiger partial charge in [0, 0.05) is 114 Å². The van der Waals surface area contributed by atoms with E-state index in [1.165, 1.54) is 30.3 Å². The number of likely N-dealkylation sites (tertiary alicyclic amines) is 2. The van der Waals surface area contributed by atoms with E-state index in [-0.39, 0.29) is 40.1 Å². The largest absolute Gasteiger partial charge is 0.338 e. The number of nitrogens with zero attached hydrogens (tertiary/aromatic N) is 11. The van der Waals surface area contributed by atoms with Crippen LogP contribution in [-0.4, -0.2) is 194 Å². The Kier molecular flexibility index (Phi) is 18.3. The van der Waals surface area contributed by atoms with Crippen molar-refractivity contribution in [3.63, 3.8) is 0 Å². The summed E-state index contributed by atoms with van der Waals surface area (Å²) in [7, 11) is -3.17. The number of aryl methyl sites for hydroxylation is 4. The molecule has 17 heteroatoms. The van der Waals surface area contributed by atoms with Gasteiger partial charge in [0.25, 0.3) is 11.8 Å². The highest BCUT2D eigenvalue weighted by molar-refractivity contribution is 7.90. The van der Waals surface area contributed by atoms with Crippen molar-refractivity contribution < 1.29 is 18.0 Å². The number of hydrogen-bond donors (Lipinski definition) is 1. The van der Waals surface area contributed by atoms with Crippen molar-refractivity contribution in [2.24, 2.45) is 11.8 Å². The van der Waals surface area contributed by atoms with Crippen LogP contribution >= 0.6 is 0 Å². The lowest BCUT2D eigenvalue weighted by molar-refractivity contribution is -0.0423. The summed E-state index contributed by atoms with van der Waals surface area (Å²) < 4.78 is 28.2. The first kappa shape index (κ1) is 58.4. The van der Waals surface area contributed by atoms with Gasteiger partial charge in [-0.15, -0.1) is 0 Å². The van der Waals surface area contributed by atoms with E-state index in [0.29, 0.717) is 48.3 Å². The number of sulfonamides is 1. The molecule has 1 N–H and O–H groups in total. The highest BCUT2D eigenvalue weighted by atomic mass is 32.2. The molecule has 4 unspecified atom stereocenters. The summed E-state index contributed by atoms with van der Waals surface area (Å²) in [6.45, 7) is 29.9. The van der Waals surface area contributed by atoms with Gasteiger partial charge in [-0.3, -0.25) is 29.2 Å². The van der Waals surface area contributed by atoms with Crippen LogP contribution in [0.1, 0.15) is 159 Å². The molecule has 2 aromatic heterocycles. The van der Waals surface area contributed by atoms with E-state index in [2.05, 4.69) is 133 Å². The second kappa shape index (κ2) is 25.0. The number of piperidine rings is 4. The second-order valence-electron chi connectivity index (χ2n) is 25.3. The highest BCUT2D eigenvalue weighted by Gasteiger charge is 2.47. The molecule has 0 spiro atoms. The average Bonchev–Trinajstić information content (AvgIpc) is 4.36. The molecule has 11 rings (SSSR count). The van der Waals surface area contributed by atoms with E-state index in [1.54, 1.807) is 6.33 Å². The van der Waals surface area contributed by atoms with E-state index in [9.17, 15) is 18.0 Å². The minimum Gasteiger partial charge on any atom is -0.338 e. The lowest BCUT2D eigenvalue weighted by atomic mass is 9.83. The predicted molar refractivity (Wildman–Crippen MR) is 316 cm³/mol. The summed E-state index contributed by atoms with van der Waals surface area (Å²) in [5, 5.41) is 3.51. The summed E-state index contributed by atoms with van der Waals surface area (Å²) >= 11 is 0. The number of amides is 2. The zero-order valence-corrected chi connectivity index (χ0v) is 50.2. The van der Waals surface area contributed by atoms with Gasteiger partial charge in [-0.05, 0) is 156 Å². The third kappa shape index (κ3) is 12.6. The third-order valence-corrected chi connectivity index (χ3v) is 22.3. The lowest BCUT2D eigenvalue weighted by Crippen LogP contribution is -2.63. The Morgan fingerprint density at radius 3 is 1.38 bits per heavy atom. The van der Waals surface area contributed by atoms with Gasteiger partial charge in [0.2, 0.25) is 10.0 Å². The van der Waals surface area contributed by atoms with E-state index in [4.69, 9.17) is 0 Å². The van der Waals surface area contributed by atoms with Gasteiger partial charge in [-0.1, -0.05) is 60.7 Å². The van der Waals surface area contributed by atoms with E-state index < -0.39 is 10.0 Å². The lowest BCUT2D eigenvalue weighted by Gasteiger charge is -2.54. The first-order chi connectivity index (χ1) is 38.5. The Bertz CT molecular complexity index is 2810. The van der Waals surface area contributed by atoms with Crippen molar-refractivity contribution in [3.8, 4) is 0 Å². The summed E-state index contributed by atoms with van der Waals surface area (Å²) in [6, 6.07) is 23.4. The van der Waals surface area contributed by atoms with E-state index in [0.717, 1.165) is 153 Å². The monoisotopic (exact) mass is 1110 g/mol. The molecule has 1 aliphatic carbocycles. The average molecular weight is 1110 g/mol. The van der Waals surface area contributed by atoms with Gasteiger partial charge in [-0.2, -0.15) is 0 Å². The zero-order chi connectivity index (χ0) is 56.3. The Balaban J connectivity index is 0.000000182. The summed E-state index contributed by atoms with van der Waals surface area (Å²) in [4.78, 5) is 58.6. The number of hydrogen-bond acceptors (Lipinski definition) is 13. The summed E-state index contributed by atoms with van der Waals surface area (Å²) in [5.74, 6) is 1.07. The molecule has 6 atom stereocenters. The van der Waals surface area contributed by atoms with Gasteiger partial charge < -0.3 is 15.1 Å². The molecule has 0 bridgehead atoms. The van der Waals surface area contributed by atoms with Crippen LogP contribution in [0.4, 0.5) is 0 Å². The number of benzene rings is 2. The number of carbonyl (C=O) groups is 2. The Morgan fingerprint density at radius 2 is 0.975 bits per heavy atom. The van der Waals surface area contributed by atoms with Crippen LogP contribution in [0.25, 0.3) is 0 Å². The number of aromatic nitrogens is 4. The quantitative estimate of drug-likeness (QED) is 0.147. The molecule has 16 nitrogen and oxygen atoms in total. The topological polar surface area (TPSA) is 155 Å². The fraction of sp³-hybridized carbons (Fsp3) is 0.651. The standard InChI is InChI=1S/C33H48N6O3S.C30H44N6O/c1-24-21-37(33(4)14-17-36(18-15-33)32(40)30-25(2)34-23-35-26(30)3)19-20-39(24)31(27-9-6-5-7-10-27)28-11-8-16-38(22-28)43(41,42)29-12-13-29;1-22-20-35(17-18-36(22)28(25-9-6-5-7-10-25)26-11-8-14-31-19-26)30(4)12-15-34(16-13-30)29(37)27-23(2)32-21-33-24(27)3/h5-7,9-10,23-24,28-29,31H,8,11-22H2,1-4H3;5-7,9-10,21-22,26,28,31H,8,11-20H2,1-4H3/t24-,28?,31?;22-,26?,28?/m00/s1. The molecule has 6 saturated heterocycles. The fourth-order valence-electron chi connectivity index (χ4n) is 14.8. The van der Waals surface area contributed by atoms with Crippen molar-refractivity contribution in [2.45, 2.75) is 160 Å². The molecule has 1 saturated carbocycles. The van der Waals surface area contributed by atoms with Crippen LogP contribution in [0.5, 0.6) is 0 Å². The number of piperazine rings is 2. The molecule has 6 aliphatic heterocycles. The van der Waals surface area contributed by atoms with Gasteiger partial charge in [0.1, 0.15) is 12.7 Å². The summed E-state index contributed by atoms with van der Waals surface area (Å²) in [6.07, 6.45) is 13.1. The maximum absolute atomic E-state index is 13.4. The van der Waals surface area contributed by atoms with Crippen LogP contribution in [0, 0.1) is 39.5 Å². The second-order valence-corrected chi connectivity index (χ2v) is 27.5. The highest BCUT2D eigenvalue weighted by Crippen LogP contribution is 2.42. The molecule has 2 amide bonds. The maximum Gasteiger partial charge on any atom is 0.257 e. The zero-order valence-electron chi connectivity index (χ0n) is 49.4. The van der Waals surface area contributed by atoms with E-state index in [1.807, 2.05) is 41.8 Å². The van der Waals surface area contributed by atoms with Gasteiger partial charge in [0.15, 0.2) is 0 Å². The Morgan fingerprint density at radius 1 is 0.550 bits per heavy atom. The number of rotatable bonds is 12. The molecule has 2 aromatic carbocycles. The van der Waals surface area contributed by atoms with Gasteiger partial charge in [-0.25, -0.2) is 32.7 Å². The molecular weight excluding hydrogens is 1020 g/mol. The third-order valence-electron chi connectivity index (χ3n) is 20.0. The molecule has 4 aromatic rings. The predicted octanol–water partition coefficient (Wildman–Crippen LogP) is 7.87. The van der Waals surface area contributed by atoms with E-state index >= 15 is 0 Å². The number of nitrogens with one attached hydrogen (secondary N) is 1. The SMILES string of the molecule is Cc1ncnc(C)c1C(=O)N1CCC(C)(N2CCN(C(c3ccccc3)C3CCCN(S(=O)(=O)C4CC4)C3)[C@@H](C)C2)CC1.Cc1ncnc(C)c1C(=O)N1CCC(C)(N2CCN(C(c3ccccc3)C3CCCNC3)[C@@H](C)C2)CC1. The number of carbonyl (C=O) groups excluding carboxylic acids is 2. The van der Waals surface area contributed by atoms with Crippen LogP contribution in [0.2, 0.25) is 0 Å². The van der Waals surface area contributed by atoms with Crippen molar-refractivity contribution in [1.82, 2.24) is 59.0 Å². The first-order valence-electron chi connectivity index (χ1n) is 30.4. The summed E-state index contributed by atoms with van der Waals surface area (Å²) in [5.41, 5.74) is 7.29. The molecule has 8 heterocycles. The fourth-order valence-corrected chi connectivity index (χ4v) is 16.8. The van der Waals surface area contributed by atoms with Crippen LogP contribution in [-0.2, 0) is 10.0 Å². The molecule has 80 heavy (non-hydrogen) atoms. The Labute approximate surface area is 478 Å². The minimum absolute atomic E-state index is 0.0383. The molecular formula is C63H92N12O4S. The van der Waals surface area contributed by atoms with Gasteiger partial charge in [0.05, 0.1) is 39.2 Å². The van der Waals surface area contributed by atoms with Gasteiger partial charge >= 0.3 is 0 Å². The van der Waals surface area contributed by atoms with Crippen molar-refractivity contribution in [3.05, 3.63) is 118 Å². The smallest absolute Gasteiger partial charge is 0.257 e. The van der Waals surface area contributed by atoms with Crippen molar-refractivity contribution in [2.75, 3.05) is 91.6 Å². The van der Waals surface area contributed by atoms with Crippen LogP contribution in [0.15, 0.2) is 73.3 Å². The first-order valence-corrected chi connectivity index (χ1v) is 31.9. The normalized spacial score (nSPS) is 26.4. The molecule has 0 radical (unpaired) electrons. The molecule has 7 fully saturated rings. The molecule has 7 aliphatic rings. The van der Waals surface area contributed by atoms with Crippen molar-refractivity contribution in [1.29, 1.82) is 0 Å². The molecule has 434 valence electrons. The van der Waals surface area contributed by atoms with Crippen LogP contribution in [0.3, 0.4) is 0 Å². The minimum atomic E-state index is -3.17. The maximum atomic E-state index is 13.4.